The minimum atomic E-state index is 0.991. The summed E-state index contributed by atoms with van der Waals surface area (Å²) in [5.74, 6) is 2.04. The second kappa shape index (κ2) is 5.40. The van der Waals surface area contributed by atoms with E-state index in [0.29, 0.717) is 0 Å². The molecule has 1 aliphatic rings. The predicted octanol–water partition coefficient (Wildman–Crippen LogP) is 4.17. The van der Waals surface area contributed by atoms with Crippen LogP contribution in [-0.2, 0) is 0 Å². The molecule has 0 aliphatic heterocycles. The second-order valence-corrected chi connectivity index (χ2v) is 4.08. The minimum absolute atomic E-state index is 0.991. The Morgan fingerprint density at radius 2 is 2.08 bits per heavy atom. The lowest BCUT2D eigenvalue weighted by atomic mass is 9.85. The molecule has 0 radical (unpaired) electrons. The van der Waals surface area contributed by atoms with Crippen LogP contribution in [0.15, 0.2) is 12.7 Å². The Morgan fingerprint density at radius 1 is 1.42 bits per heavy atom. The minimum Gasteiger partial charge on any atom is -0.103 e. The molecule has 1 saturated carbocycles. The van der Waals surface area contributed by atoms with Crippen LogP contribution in [0.1, 0.15) is 51.9 Å². The molecular weight excluding hydrogens is 144 g/mol. The highest BCUT2D eigenvalue weighted by atomic mass is 14.3. The number of allylic oxidation sites excluding steroid dienone is 1. The third-order valence-corrected chi connectivity index (χ3v) is 3.33. The molecule has 1 fully saturated rings. The maximum atomic E-state index is 3.79. The molecule has 1 rings (SSSR count). The van der Waals surface area contributed by atoms with Gasteiger partial charge in [0.2, 0.25) is 0 Å². The van der Waals surface area contributed by atoms with Crippen LogP contribution in [0.25, 0.3) is 0 Å². The molecule has 0 saturated heterocycles. The van der Waals surface area contributed by atoms with Gasteiger partial charge in [-0.05, 0) is 24.7 Å². The van der Waals surface area contributed by atoms with Crippen molar-refractivity contribution in [2.45, 2.75) is 51.9 Å². The van der Waals surface area contributed by atoms with Crippen LogP contribution in [0, 0.1) is 11.8 Å². The van der Waals surface area contributed by atoms with Gasteiger partial charge in [0.15, 0.2) is 0 Å². The van der Waals surface area contributed by atoms with Gasteiger partial charge < -0.3 is 0 Å². The lowest BCUT2D eigenvalue weighted by Gasteiger charge is -2.20. The van der Waals surface area contributed by atoms with Crippen LogP contribution < -0.4 is 0 Å². The van der Waals surface area contributed by atoms with Gasteiger partial charge in [0.1, 0.15) is 0 Å². The fraction of sp³-hybridized carbons (Fsp3) is 0.833. The Kier molecular flexibility index (Phi) is 4.42. The monoisotopic (exact) mass is 166 g/mol. The highest BCUT2D eigenvalue weighted by Gasteiger charge is 2.22. The second-order valence-electron chi connectivity index (χ2n) is 4.08. The highest BCUT2D eigenvalue weighted by Crippen LogP contribution is 2.35. The zero-order chi connectivity index (χ0) is 8.81. The van der Waals surface area contributed by atoms with Crippen molar-refractivity contribution in [3.63, 3.8) is 0 Å². The molecule has 0 aromatic carbocycles. The van der Waals surface area contributed by atoms with Crippen molar-refractivity contribution in [1.29, 1.82) is 0 Å². The maximum absolute atomic E-state index is 3.79. The van der Waals surface area contributed by atoms with Gasteiger partial charge in [-0.25, -0.2) is 0 Å². The van der Waals surface area contributed by atoms with E-state index in [4.69, 9.17) is 0 Å². The lowest BCUT2D eigenvalue weighted by molar-refractivity contribution is 0.311. The lowest BCUT2D eigenvalue weighted by Crippen LogP contribution is -2.10. The molecule has 0 heteroatoms. The summed E-state index contributed by atoms with van der Waals surface area (Å²) in [7, 11) is 0. The fourth-order valence-electron chi connectivity index (χ4n) is 2.53. The van der Waals surface area contributed by atoms with Crippen molar-refractivity contribution in [3.05, 3.63) is 12.7 Å². The number of rotatable bonds is 5. The summed E-state index contributed by atoms with van der Waals surface area (Å²) in [5, 5.41) is 0. The summed E-state index contributed by atoms with van der Waals surface area (Å²) in [6, 6.07) is 0. The molecule has 0 spiro atoms. The third-order valence-electron chi connectivity index (χ3n) is 3.33. The summed E-state index contributed by atoms with van der Waals surface area (Å²) in [6.07, 6.45) is 12.0. The first-order valence-corrected chi connectivity index (χ1v) is 5.49. The topological polar surface area (TPSA) is 0 Å². The summed E-state index contributed by atoms with van der Waals surface area (Å²) < 4.78 is 0. The highest BCUT2D eigenvalue weighted by molar-refractivity contribution is 4.77. The van der Waals surface area contributed by atoms with Crippen molar-refractivity contribution in [2.24, 2.45) is 11.8 Å². The molecule has 1 aliphatic carbocycles. The molecule has 0 N–H and O–H groups in total. The van der Waals surface area contributed by atoms with E-state index < -0.39 is 0 Å². The molecule has 70 valence electrons. The van der Waals surface area contributed by atoms with E-state index in [1.165, 1.54) is 44.9 Å². The van der Waals surface area contributed by atoms with Crippen molar-refractivity contribution < 1.29 is 0 Å². The summed E-state index contributed by atoms with van der Waals surface area (Å²) in [5.41, 5.74) is 0. The van der Waals surface area contributed by atoms with Crippen molar-refractivity contribution in [3.8, 4) is 0 Å². The van der Waals surface area contributed by atoms with Crippen molar-refractivity contribution >= 4 is 0 Å². The van der Waals surface area contributed by atoms with E-state index in [1.807, 2.05) is 0 Å². The van der Waals surface area contributed by atoms with Crippen molar-refractivity contribution in [1.82, 2.24) is 0 Å². The normalized spacial score (nSPS) is 21.1. The predicted molar refractivity (Wildman–Crippen MR) is 55.2 cm³/mol. The van der Waals surface area contributed by atoms with Gasteiger partial charge >= 0.3 is 0 Å². The first kappa shape index (κ1) is 9.83. The van der Waals surface area contributed by atoms with Gasteiger partial charge in [-0.15, -0.1) is 6.58 Å². The first-order valence-electron chi connectivity index (χ1n) is 5.49. The Balaban J connectivity index is 2.27. The average Bonchev–Trinajstić information content (AvgIpc) is 2.59. The number of hydrogen-bond donors (Lipinski definition) is 0. The van der Waals surface area contributed by atoms with E-state index in [1.54, 1.807) is 0 Å². The van der Waals surface area contributed by atoms with Crippen LogP contribution in [0.2, 0.25) is 0 Å². The zero-order valence-electron chi connectivity index (χ0n) is 8.39. The molecule has 0 heterocycles. The fourth-order valence-corrected chi connectivity index (χ4v) is 2.53. The molecular formula is C12H22. The molecule has 0 bridgehead atoms. The van der Waals surface area contributed by atoms with Gasteiger partial charge in [0, 0.05) is 0 Å². The standard InChI is InChI=1S/C12H22/c1-3-5-8-11(4-2)12-9-6-7-10-12/h3,11-12H,1,4-10H2,2H3. The molecule has 0 aromatic rings. The van der Waals surface area contributed by atoms with Crippen LogP contribution in [-0.4, -0.2) is 0 Å². The Labute approximate surface area is 77.1 Å². The molecule has 1 atom stereocenters. The van der Waals surface area contributed by atoms with Crippen LogP contribution in [0.3, 0.4) is 0 Å². The molecule has 1 unspecified atom stereocenters. The van der Waals surface area contributed by atoms with Crippen LogP contribution in [0.4, 0.5) is 0 Å². The van der Waals surface area contributed by atoms with E-state index in [9.17, 15) is 0 Å². The first-order chi connectivity index (χ1) is 5.88. The Hall–Kier alpha value is -0.260. The summed E-state index contributed by atoms with van der Waals surface area (Å²) in [6.45, 7) is 6.13. The summed E-state index contributed by atoms with van der Waals surface area (Å²) in [4.78, 5) is 0. The van der Waals surface area contributed by atoms with E-state index in [-0.39, 0.29) is 0 Å². The smallest absolute Gasteiger partial charge is 0.0351 e. The molecule has 0 aromatic heterocycles. The Morgan fingerprint density at radius 3 is 2.58 bits per heavy atom. The van der Waals surface area contributed by atoms with Gasteiger partial charge in [0.25, 0.3) is 0 Å². The van der Waals surface area contributed by atoms with E-state index in [2.05, 4.69) is 19.6 Å². The van der Waals surface area contributed by atoms with Crippen LogP contribution in [0.5, 0.6) is 0 Å². The average molecular weight is 166 g/mol. The van der Waals surface area contributed by atoms with Gasteiger partial charge in [-0.1, -0.05) is 45.1 Å². The van der Waals surface area contributed by atoms with E-state index >= 15 is 0 Å². The third kappa shape index (κ3) is 2.66. The molecule has 0 nitrogen and oxygen atoms in total. The van der Waals surface area contributed by atoms with Crippen molar-refractivity contribution in [2.75, 3.05) is 0 Å². The quantitative estimate of drug-likeness (QED) is 0.538. The number of hydrogen-bond acceptors (Lipinski definition) is 0. The maximum Gasteiger partial charge on any atom is -0.0351 e. The zero-order valence-corrected chi connectivity index (χ0v) is 8.39. The molecule has 0 amide bonds. The van der Waals surface area contributed by atoms with Gasteiger partial charge in [-0.3, -0.25) is 0 Å². The van der Waals surface area contributed by atoms with Gasteiger partial charge in [-0.2, -0.15) is 0 Å². The van der Waals surface area contributed by atoms with E-state index in [0.717, 1.165) is 11.8 Å². The summed E-state index contributed by atoms with van der Waals surface area (Å²) >= 11 is 0. The Bertz CT molecular complexity index is 120. The SMILES string of the molecule is C=CCCC(CC)C1CCCC1. The van der Waals surface area contributed by atoms with Gasteiger partial charge in [0.05, 0.1) is 0 Å². The van der Waals surface area contributed by atoms with Crippen LogP contribution >= 0.6 is 0 Å². The largest absolute Gasteiger partial charge is 0.103 e. The molecule has 12 heavy (non-hydrogen) atoms.